The van der Waals surface area contributed by atoms with Gasteiger partial charge in [0, 0.05) is 10.0 Å². The largest absolute Gasteiger partial charge is 0.495 e. The Balaban J connectivity index is 1.88. The normalized spacial score (nSPS) is 10.6. The summed E-state index contributed by atoms with van der Waals surface area (Å²) in [5.74, 6) is -0.138. The Morgan fingerprint density at radius 2 is 2.13 bits per heavy atom. The van der Waals surface area contributed by atoms with E-state index in [2.05, 4.69) is 31.8 Å². The van der Waals surface area contributed by atoms with Gasteiger partial charge < -0.3 is 10.1 Å². The molecule has 23 heavy (non-hydrogen) atoms. The highest BCUT2D eigenvalue weighted by Gasteiger charge is 2.04. The van der Waals surface area contributed by atoms with Gasteiger partial charge >= 0.3 is 0 Å². The molecular weight excluding hydrogens is 365 g/mol. The molecule has 2 aromatic carbocycles. The fourth-order valence-electron chi connectivity index (χ4n) is 1.79. The number of carbonyl (C=O) groups excluding carboxylic acids is 1. The first-order valence-electron chi connectivity index (χ1n) is 6.74. The van der Waals surface area contributed by atoms with Crippen molar-refractivity contribution >= 4 is 33.7 Å². The summed E-state index contributed by atoms with van der Waals surface area (Å²) in [7, 11) is 1.55. The molecule has 1 amide bonds. The second-order valence-corrected chi connectivity index (χ2v) is 5.43. The maximum atomic E-state index is 13.5. The Morgan fingerprint density at radius 1 is 1.35 bits per heavy atom. The second kappa shape index (κ2) is 8.28. The minimum atomic E-state index is -0.418. The summed E-state index contributed by atoms with van der Waals surface area (Å²) < 4.78 is 19.4. The average Bonchev–Trinajstić information content (AvgIpc) is 2.56. The van der Waals surface area contributed by atoms with E-state index < -0.39 is 5.82 Å². The number of nitrogens with one attached hydrogen (secondary N) is 2. The lowest BCUT2D eigenvalue weighted by Crippen LogP contribution is -2.26. The van der Waals surface area contributed by atoms with Crippen molar-refractivity contribution < 1.29 is 13.9 Å². The summed E-state index contributed by atoms with van der Waals surface area (Å²) in [6.45, 7) is 0.0126. The fourth-order valence-corrected chi connectivity index (χ4v) is 2.17. The zero-order valence-electron chi connectivity index (χ0n) is 12.3. The van der Waals surface area contributed by atoms with Gasteiger partial charge in [-0.15, -0.1) is 0 Å². The van der Waals surface area contributed by atoms with Crippen molar-refractivity contribution in [2.24, 2.45) is 5.10 Å². The Kier molecular flexibility index (Phi) is 6.10. The molecule has 7 heteroatoms. The number of benzene rings is 2. The maximum Gasteiger partial charge on any atom is 0.259 e. The van der Waals surface area contributed by atoms with E-state index in [4.69, 9.17) is 4.74 Å². The van der Waals surface area contributed by atoms with Gasteiger partial charge in [0.1, 0.15) is 11.6 Å². The van der Waals surface area contributed by atoms with Gasteiger partial charge in [-0.1, -0.05) is 28.1 Å². The summed E-state index contributed by atoms with van der Waals surface area (Å²) >= 11 is 3.24. The van der Waals surface area contributed by atoms with Crippen LogP contribution in [-0.4, -0.2) is 25.8 Å². The quantitative estimate of drug-likeness (QED) is 0.598. The number of hydrogen-bond acceptors (Lipinski definition) is 4. The molecule has 0 saturated heterocycles. The van der Waals surface area contributed by atoms with Crippen LogP contribution in [0.5, 0.6) is 5.75 Å². The minimum absolute atomic E-state index is 0.0126. The molecule has 0 saturated carbocycles. The average molecular weight is 380 g/mol. The summed E-state index contributed by atoms with van der Waals surface area (Å²) in [5, 5.41) is 6.68. The Bertz CT molecular complexity index is 722. The molecule has 5 nitrogen and oxygen atoms in total. The number of para-hydroxylation sites is 2. The first-order valence-corrected chi connectivity index (χ1v) is 7.53. The molecule has 0 atom stereocenters. The highest BCUT2D eigenvalue weighted by Crippen LogP contribution is 2.22. The summed E-state index contributed by atoms with van der Waals surface area (Å²) in [5.41, 5.74) is 3.31. The molecule has 2 aromatic rings. The number of methoxy groups -OCH3 is 1. The van der Waals surface area contributed by atoms with Crippen molar-refractivity contribution in [2.45, 2.75) is 0 Å². The topological polar surface area (TPSA) is 62.7 Å². The Morgan fingerprint density at radius 3 is 2.91 bits per heavy atom. The molecule has 2 N–H and O–H groups in total. The lowest BCUT2D eigenvalue weighted by Gasteiger charge is -2.09. The minimum Gasteiger partial charge on any atom is -0.495 e. The predicted octanol–water partition coefficient (Wildman–Crippen LogP) is 3.16. The van der Waals surface area contributed by atoms with Gasteiger partial charge in [-0.3, -0.25) is 4.79 Å². The van der Waals surface area contributed by atoms with Crippen molar-refractivity contribution in [2.75, 3.05) is 19.0 Å². The van der Waals surface area contributed by atoms with Gasteiger partial charge in [-0.25, -0.2) is 9.82 Å². The summed E-state index contributed by atoms with van der Waals surface area (Å²) in [6, 6.07) is 11.7. The van der Waals surface area contributed by atoms with Gasteiger partial charge in [0.05, 0.1) is 25.6 Å². The van der Waals surface area contributed by atoms with Crippen LogP contribution in [0.25, 0.3) is 0 Å². The molecule has 0 spiro atoms. The van der Waals surface area contributed by atoms with E-state index in [0.29, 0.717) is 11.4 Å². The first kappa shape index (κ1) is 17.0. The number of halogens is 2. The van der Waals surface area contributed by atoms with Crippen LogP contribution >= 0.6 is 15.9 Å². The molecule has 0 bridgehead atoms. The van der Waals surface area contributed by atoms with Gasteiger partial charge in [-0.05, 0) is 30.3 Å². The van der Waals surface area contributed by atoms with Crippen molar-refractivity contribution in [1.82, 2.24) is 5.43 Å². The molecule has 0 aliphatic carbocycles. The third kappa shape index (κ3) is 5.07. The molecule has 0 unspecified atom stereocenters. The van der Waals surface area contributed by atoms with Crippen molar-refractivity contribution in [3.8, 4) is 5.75 Å². The molecule has 120 valence electrons. The van der Waals surface area contributed by atoms with E-state index in [0.717, 1.165) is 4.47 Å². The van der Waals surface area contributed by atoms with Gasteiger partial charge in [0.2, 0.25) is 0 Å². The van der Waals surface area contributed by atoms with E-state index >= 15 is 0 Å². The lowest BCUT2D eigenvalue weighted by atomic mass is 10.2. The molecule has 0 aromatic heterocycles. The second-order valence-electron chi connectivity index (χ2n) is 4.51. The van der Waals surface area contributed by atoms with Gasteiger partial charge in [0.15, 0.2) is 0 Å². The molecular formula is C16H15BrFN3O2. The fraction of sp³-hybridized carbons (Fsp3) is 0.125. The summed E-state index contributed by atoms with van der Waals surface area (Å²) in [6.07, 6.45) is 1.25. The number of hydrazone groups is 1. The highest BCUT2D eigenvalue weighted by molar-refractivity contribution is 9.10. The van der Waals surface area contributed by atoms with E-state index in [9.17, 15) is 9.18 Å². The number of ether oxygens (including phenoxy) is 1. The van der Waals surface area contributed by atoms with Crippen LogP contribution in [0.3, 0.4) is 0 Å². The molecule has 2 rings (SSSR count). The van der Waals surface area contributed by atoms with Gasteiger partial charge in [-0.2, -0.15) is 5.10 Å². The van der Waals surface area contributed by atoms with Crippen LogP contribution in [0.2, 0.25) is 0 Å². The van der Waals surface area contributed by atoms with Crippen LogP contribution < -0.4 is 15.5 Å². The number of anilines is 1. The van der Waals surface area contributed by atoms with E-state index in [-0.39, 0.29) is 18.0 Å². The standard InChI is InChI=1S/C16H15BrFN3O2/c1-23-15-5-3-2-4-14(15)19-10-16(22)21-20-9-11-8-12(17)6-7-13(11)18/h2-9,19H,10H2,1H3,(H,21,22)/b20-9+. The van der Waals surface area contributed by atoms with Crippen molar-refractivity contribution in [3.63, 3.8) is 0 Å². The zero-order valence-corrected chi connectivity index (χ0v) is 13.9. The van der Waals surface area contributed by atoms with Gasteiger partial charge in [0.25, 0.3) is 5.91 Å². The van der Waals surface area contributed by atoms with Crippen LogP contribution in [0.4, 0.5) is 10.1 Å². The summed E-state index contributed by atoms with van der Waals surface area (Å²) in [4.78, 5) is 11.7. The van der Waals surface area contributed by atoms with Crippen LogP contribution in [0.1, 0.15) is 5.56 Å². The first-order chi connectivity index (χ1) is 11.1. The number of nitrogens with zero attached hydrogens (tertiary/aromatic N) is 1. The zero-order chi connectivity index (χ0) is 16.7. The van der Waals surface area contributed by atoms with E-state index in [1.165, 1.54) is 12.3 Å². The van der Waals surface area contributed by atoms with Crippen molar-refractivity contribution in [1.29, 1.82) is 0 Å². The third-order valence-corrected chi connectivity index (χ3v) is 3.39. The van der Waals surface area contributed by atoms with E-state index in [1.54, 1.807) is 31.4 Å². The van der Waals surface area contributed by atoms with Crippen LogP contribution in [-0.2, 0) is 4.79 Å². The monoisotopic (exact) mass is 379 g/mol. The Labute approximate surface area is 141 Å². The molecule has 0 aliphatic heterocycles. The maximum absolute atomic E-state index is 13.5. The van der Waals surface area contributed by atoms with Crippen LogP contribution in [0.15, 0.2) is 52.0 Å². The number of amides is 1. The highest BCUT2D eigenvalue weighted by atomic mass is 79.9. The number of hydrogen-bond donors (Lipinski definition) is 2. The molecule has 0 radical (unpaired) electrons. The molecule has 0 aliphatic rings. The van der Waals surface area contributed by atoms with E-state index in [1.807, 2.05) is 12.1 Å². The molecule has 0 heterocycles. The predicted molar refractivity (Wildman–Crippen MR) is 91.3 cm³/mol. The lowest BCUT2D eigenvalue weighted by molar-refractivity contribution is -0.119. The number of rotatable bonds is 6. The third-order valence-electron chi connectivity index (χ3n) is 2.90. The smallest absolute Gasteiger partial charge is 0.259 e. The van der Waals surface area contributed by atoms with Crippen LogP contribution in [0, 0.1) is 5.82 Å². The SMILES string of the molecule is COc1ccccc1NCC(=O)N/N=C/c1cc(Br)ccc1F. The molecule has 0 fully saturated rings. The Hall–Kier alpha value is -2.41. The van der Waals surface area contributed by atoms with Crippen molar-refractivity contribution in [3.05, 3.63) is 58.3 Å². The number of carbonyl (C=O) groups is 1.